The number of aromatic nitrogens is 1. The fraction of sp³-hybridized carbons (Fsp3) is 0.308. The molecule has 0 radical (unpaired) electrons. The van der Waals surface area contributed by atoms with Crippen molar-refractivity contribution in [2.45, 2.75) is 26.5 Å². The highest BCUT2D eigenvalue weighted by Crippen LogP contribution is 2.24. The maximum atomic E-state index is 11.6. The number of esters is 1. The maximum absolute atomic E-state index is 11.6. The molecule has 0 aliphatic rings. The van der Waals surface area contributed by atoms with Crippen LogP contribution in [-0.2, 0) is 16.1 Å². The van der Waals surface area contributed by atoms with E-state index in [9.17, 15) is 4.79 Å². The summed E-state index contributed by atoms with van der Waals surface area (Å²) < 4.78 is 6.95. The number of benzene rings is 1. The predicted octanol–water partition coefficient (Wildman–Crippen LogP) is 3.25. The number of carbonyl (C=O) groups excluding carboxylic acids is 1. The summed E-state index contributed by atoms with van der Waals surface area (Å²) in [5.74, 6) is -0.238. The Kier molecular flexibility index (Phi) is 3.38. The molecule has 1 aromatic carbocycles. The molecular weight excluding hydrogens is 238 g/mol. The average molecular weight is 252 g/mol. The summed E-state index contributed by atoms with van der Waals surface area (Å²) in [6.07, 6.45) is 1.76. The zero-order chi connectivity index (χ0) is 12.4. The van der Waals surface area contributed by atoms with E-state index in [1.165, 1.54) is 0 Å². The van der Waals surface area contributed by atoms with Gasteiger partial charge in [0, 0.05) is 16.6 Å². The highest BCUT2D eigenvalue weighted by Gasteiger charge is 2.09. The lowest BCUT2D eigenvalue weighted by Crippen LogP contribution is -2.16. The van der Waals surface area contributed by atoms with Gasteiger partial charge in [-0.1, -0.05) is 17.7 Å². The summed E-state index contributed by atoms with van der Waals surface area (Å²) in [5, 5.41) is 1.64. The van der Waals surface area contributed by atoms with E-state index >= 15 is 0 Å². The van der Waals surface area contributed by atoms with Gasteiger partial charge in [0.05, 0.1) is 11.6 Å². The molecule has 0 N–H and O–H groups in total. The second-order valence-corrected chi connectivity index (χ2v) is 4.56. The van der Waals surface area contributed by atoms with E-state index in [4.69, 9.17) is 16.3 Å². The SMILES string of the molecule is CC(C)OC(=O)Cn1ccc2c(Cl)cccc21. The van der Waals surface area contributed by atoms with Crippen molar-refractivity contribution < 1.29 is 9.53 Å². The number of carbonyl (C=O) groups is 1. The first-order chi connectivity index (χ1) is 8.08. The number of fused-ring (bicyclic) bond motifs is 1. The third-order valence-corrected chi connectivity index (χ3v) is 2.76. The van der Waals surface area contributed by atoms with Crippen molar-refractivity contribution in [2.75, 3.05) is 0 Å². The van der Waals surface area contributed by atoms with Crippen molar-refractivity contribution in [1.29, 1.82) is 0 Å². The number of ether oxygens (including phenoxy) is 1. The molecule has 0 spiro atoms. The molecule has 0 fully saturated rings. The number of halogens is 1. The van der Waals surface area contributed by atoms with Gasteiger partial charge in [-0.2, -0.15) is 0 Å². The third kappa shape index (κ3) is 2.61. The Bertz CT molecular complexity index is 545. The minimum absolute atomic E-state index is 0.0899. The van der Waals surface area contributed by atoms with Gasteiger partial charge in [0.15, 0.2) is 0 Å². The molecule has 90 valence electrons. The van der Waals surface area contributed by atoms with Crippen molar-refractivity contribution in [2.24, 2.45) is 0 Å². The summed E-state index contributed by atoms with van der Waals surface area (Å²) in [4.78, 5) is 11.6. The molecule has 0 atom stereocenters. The standard InChI is InChI=1S/C13H14ClNO2/c1-9(2)17-13(16)8-15-7-6-10-11(14)4-3-5-12(10)15/h3-7,9H,8H2,1-2H3. The first kappa shape index (κ1) is 12.0. The Morgan fingerprint density at radius 1 is 1.41 bits per heavy atom. The van der Waals surface area contributed by atoms with Crippen molar-refractivity contribution in [3.63, 3.8) is 0 Å². The van der Waals surface area contributed by atoms with Crippen LogP contribution in [0, 0.1) is 0 Å². The highest BCUT2D eigenvalue weighted by molar-refractivity contribution is 6.35. The van der Waals surface area contributed by atoms with Crippen molar-refractivity contribution in [3.8, 4) is 0 Å². The van der Waals surface area contributed by atoms with E-state index in [0.29, 0.717) is 5.02 Å². The molecule has 0 saturated carbocycles. The van der Waals surface area contributed by atoms with Gasteiger partial charge in [0.2, 0.25) is 0 Å². The lowest BCUT2D eigenvalue weighted by molar-refractivity contribution is -0.148. The van der Waals surface area contributed by atoms with Crippen molar-refractivity contribution in [3.05, 3.63) is 35.5 Å². The molecule has 1 aromatic heterocycles. The van der Waals surface area contributed by atoms with E-state index in [1.54, 1.807) is 0 Å². The Labute approximate surface area is 105 Å². The second-order valence-electron chi connectivity index (χ2n) is 4.15. The Morgan fingerprint density at radius 3 is 2.88 bits per heavy atom. The molecule has 0 bridgehead atoms. The quantitative estimate of drug-likeness (QED) is 0.784. The Balaban J connectivity index is 2.25. The molecule has 3 nitrogen and oxygen atoms in total. The van der Waals surface area contributed by atoms with Crippen LogP contribution in [0.3, 0.4) is 0 Å². The Morgan fingerprint density at radius 2 is 2.18 bits per heavy atom. The normalized spacial score (nSPS) is 11.1. The molecule has 0 aliphatic carbocycles. The molecule has 2 rings (SSSR count). The van der Waals surface area contributed by atoms with Gasteiger partial charge in [0.25, 0.3) is 0 Å². The van der Waals surface area contributed by atoms with Gasteiger partial charge in [-0.3, -0.25) is 4.79 Å². The van der Waals surface area contributed by atoms with Crippen LogP contribution in [0.15, 0.2) is 30.5 Å². The lowest BCUT2D eigenvalue weighted by atomic mass is 10.2. The van der Waals surface area contributed by atoms with Crippen LogP contribution >= 0.6 is 11.6 Å². The zero-order valence-electron chi connectivity index (χ0n) is 9.81. The second kappa shape index (κ2) is 4.80. The van der Waals surface area contributed by atoms with Crippen LogP contribution in [0.2, 0.25) is 5.02 Å². The third-order valence-electron chi connectivity index (χ3n) is 2.43. The maximum Gasteiger partial charge on any atom is 0.326 e. The summed E-state index contributed by atoms with van der Waals surface area (Å²) in [7, 11) is 0. The molecule has 1 heterocycles. The van der Waals surface area contributed by atoms with E-state index < -0.39 is 0 Å². The first-order valence-electron chi connectivity index (χ1n) is 5.51. The number of rotatable bonds is 3. The molecule has 0 unspecified atom stereocenters. The number of nitrogens with zero attached hydrogens (tertiary/aromatic N) is 1. The van der Waals surface area contributed by atoms with Gasteiger partial charge < -0.3 is 9.30 Å². The topological polar surface area (TPSA) is 31.2 Å². The molecule has 4 heteroatoms. The smallest absolute Gasteiger partial charge is 0.326 e. The molecule has 0 aliphatic heterocycles. The minimum Gasteiger partial charge on any atom is -0.462 e. The summed E-state index contributed by atoms with van der Waals surface area (Å²) in [6.45, 7) is 3.88. The summed E-state index contributed by atoms with van der Waals surface area (Å²) >= 11 is 6.06. The minimum atomic E-state index is -0.238. The van der Waals surface area contributed by atoms with Crippen molar-refractivity contribution in [1.82, 2.24) is 4.57 Å². The van der Waals surface area contributed by atoms with Crippen LogP contribution < -0.4 is 0 Å². The van der Waals surface area contributed by atoms with Gasteiger partial charge in [-0.25, -0.2) is 0 Å². The average Bonchev–Trinajstić information content (AvgIpc) is 2.62. The summed E-state index contributed by atoms with van der Waals surface area (Å²) in [6, 6.07) is 7.54. The molecular formula is C13H14ClNO2. The fourth-order valence-electron chi connectivity index (χ4n) is 1.76. The monoisotopic (exact) mass is 251 g/mol. The van der Waals surface area contributed by atoms with Gasteiger partial charge >= 0.3 is 5.97 Å². The Hall–Kier alpha value is -1.48. The zero-order valence-corrected chi connectivity index (χ0v) is 10.6. The molecule has 2 aromatic rings. The van der Waals surface area contributed by atoms with Crippen LogP contribution in [-0.4, -0.2) is 16.6 Å². The van der Waals surface area contributed by atoms with E-state index in [0.717, 1.165) is 10.9 Å². The van der Waals surface area contributed by atoms with Crippen LogP contribution in [0.25, 0.3) is 10.9 Å². The van der Waals surface area contributed by atoms with E-state index in [1.807, 2.05) is 48.9 Å². The summed E-state index contributed by atoms with van der Waals surface area (Å²) in [5.41, 5.74) is 0.943. The number of hydrogen-bond acceptors (Lipinski definition) is 2. The molecule has 17 heavy (non-hydrogen) atoms. The van der Waals surface area contributed by atoms with Crippen LogP contribution in [0.5, 0.6) is 0 Å². The fourth-order valence-corrected chi connectivity index (χ4v) is 2.00. The lowest BCUT2D eigenvalue weighted by Gasteiger charge is -2.09. The van der Waals surface area contributed by atoms with Crippen LogP contribution in [0.4, 0.5) is 0 Å². The molecule has 0 amide bonds. The first-order valence-corrected chi connectivity index (χ1v) is 5.88. The van der Waals surface area contributed by atoms with Gasteiger partial charge in [-0.05, 0) is 32.0 Å². The van der Waals surface area contributed by atoms with Gasteiger partial charge in [0.1, 0.15) is 6.54 Å². The predicted molar refractivity (Wildman–Crippen MR) is 68.2 cm³/mol. The number of hydrogen-bond donors (Lipinski definition) is 0. The van der Waals surface area contributed by atoms with Crippen LogP contribution in [0.1, 0.15) is 13.8 Å². The largest absolute Gasteiger partial charge is 0.462 e. The van der Waals surface area contributed by atoms with Gasteiger partial charge in [-0.15, -0.1) is 0 Å². The van der Waals surface area contributed by atoms with E-state index in [2.05, 4.69) is 0 Å². The van der Waals surface area contributed by atoms with E-state index in [-0.39, 0.29) is 18.6 Å². The highest BCUT2D eigenvalue weighted by atomic mass is 35.5. The van der Waals surface area contributed by atoms with Crippen molar-refractivity contribution >= 4 is 28.5 Å². The molecule has 0 saturated heterocycles.